The van der Waals surface area contributed by atoms with Crippen LogP contribution in [0.1, 0.15) is 25.3 Å². The Balaban J connectivity index is 1.79. The average Bonchev–Trinajstić information content (AvgIpc) is 2.83. The zero-order valence-corrected chi connectivity index (χ0v) is 10.3. The molecule has 17 heavy (non-hydrogen) atoms. The first-order valence-electron chi connectivity index (χ1n) is 6.26. The van der Waals surface area contributed by atoms with Crippen molar-refractivity contribution in [2.24, 2.45) is 4.99 Å². The molecule has 3 heteroatoms. The van der Waals surface area contributed by atoms with Gasteiger partial charge in [-0.1, -0.05) is 25.5 Å². The van der Waals surface area contributed by atoms with E-state index in [4.69, 9.17) is 9.47 Å². The van der Waals surface area contributed by atoms with Crippen molar-refractivity contribution in [2.75, 3.05) is 19.8 Å². The lowest BCUT2D eigenvalue weighted by Crippen LogP contribution is -2.06. The Bertz CT molecular complexity index is 388. The molecule has 1 heterocycles. The fourth-order valence-corrected chi connectivity index (χ4v) is 1.87. The van der Waals surface area contributed by atoms with Gasteiger partial charge in [0.25, 0.3) is 0 Å². The van der Waals surface area contributed by atoms with E-state index in [0.29, 0.717) is 6.61 Å². The van der Waals surface area contributed by atoms with Crippen LogP contribution in [0.3, 0.4) is 0 Å². The van der Waals surface area contributed by atoms with Crippen molar-refractivity contribution >= 4 is 5.90 Å². The summed E-state index contributed by atoms with van der Waals surface area (Å²) in [5.74, 6) is 1.77. The highest BCUT2D eigenvalue weighted by Gasteiger charge is 2.06. The van der Waals surface area contributed by atoms with Crippen LogP contribution in [-0.2, 0) is 11.2 Å². The lowest BCUT2D eigenvalue weighted by Gasteiger charge is -2.07. The van der Waals surface area contributed by atoms with E-state index in [1.54, 1.807) is 0 Å². The van der Waals surface area contributed by atoms with Gasteiger partial charge in [-0.3, -0.25) is 4.99 Å². The maximum atomic E-state index is 5.69. The van der Waals surface area contributed by atoms with Crippen molar-refractivity contribution in [3.8, 4) is 5.75 Å². The molecule has 0 aromatic heterocycles. The third-order valence-corrected chi connectivity index (χ3v) is 2.67. The van der Waals surface area contributed by atoms with E-state index in [1.165, 1.54) is 5.56 Å². The summed E-state index contributed by atoms with van der Waals surface area (Å²) in [7, 11) is 0. The fourth-order valence-electron chi connectivity index (χ4n) is 1.87. The van der Waals surface area contributed by atoms with Crippen molar-refractivity contribution in [1.82, 2.24) is 0 Å². The van der Waals surface area contributed by atoms with Gasteiger partial charge in [-0.25, -0.2) is 0 Å². The van der Waals surface area contributed by atoms with E-state index in [1.807, 2.05) is 12.1 Å². The molecule has 0 amide bonds. The van der Waals surface area contributed by atoms with Crippen molar-refractivity contribution in [3.63, 3.8) is 0 Å². The molecule has 0 aliphatic carbocycles. The number of benzene rings is 1. The molecule has 0 N–H and O–H groups in total. The van der Waals surface area contributed by atoms with Gasteiger partial charge in [0, 0.05) is 0 Å². The van der Waals surface area contributed by atoms with Crippen molar-refractivity contribution in [1.29, 1.82) is 0 Å². The third-order valence-electron chi connectivity index (χ3n) is 2.67. The van der Waals surface area contributed by atoms with Crippen LogP contribution in [0.5, 0.6) is 5.75 Å². The molecule has 0 saturated heterocycles. The number of hydrogen-bond donors (Lipinski definition) is 0. The number of aliphatic imine (C=N–C) groups is 1. The smallest absolute Gasteiger partial charge is 0.186 e. The minimum absolute atomic E-state index is 0.633. The number of aryl methyl sites for hydroxylation is 1. The van der Waals surface area contributed by atoms with Crippen LogP contribution >= 0.6 is 0 Å². The van der Waals surface area contributed by atoms with Crippen molar-refractivity contribution in [2.45, 2.75) is 26.2 Å². The Morgan fingerprint density at radius 3 is 3.06 bits per heavy atom. The van der Waals surface area contributed by atoms with Gasteiger partial charge in [0.1, 0.15) is 12.4 Å². The second-order valence-electron chi connectivity index (χ2n) is 4.12. The second kappa shape index (κ2) is 6.28. The first-order valence-corrected chi connectivity index (χ1v) is 6.26. The first-order chi connectivity index (χ1) is 8.38. The Kier molecular flexibility index (Phi) is 4.42. The van der Waals surface area contributed by atoms with Gasteiger partial charge in [0.15, 0.2) is 5.90 Å². The SMILES string of the molecule is CCCc1cccc(OCCC2=NCCO2)c1. The summed E-state index contributed by atoms with van der Waals surface area (Å²) in [6.45, 7) is 4.33. The lowest BCUT2D eigenvalue weighted by molar-refractivity contribution is 0.297. The molecule has 0 fully saturated rings. The molecule has 0 saturated carbocycles. The molecule has 0 spiro atoms. The fraction of sp³-hybridized carbons (Fsp3) is 0.500. The standard InChI is InChI=1S/C14H19NO2/c1-2-4-12-5-3-6-13(11-12)16-9-7-14-15-8-10-17-14/h3,5-6,11H,2,4,7-10H2,1H3. The van der Waals surface area contributed by atoms with E-state index in [2.05, 4.69) is 24.0 Å². The maximum Gasteiger partial charge on any atom is 0.186 e. The molecule has 1 aliphatic rings. The topological polar surface area (TPSA) is 30.8 Å². The minimum Gasteiger partial charge on any atom is -0.493 e. The first kappa shape index (κ1) is 12.0. The van der Waals surface area contributed by atoms with E-state index in [0.717, 1.165) is 44.1 Å². The Hall–Kier alpha value is -1.51. The predicted molar refractivity (Wildman–Crippen MR) is 68.8 cm³/mol. The van der Waals surface area contributed by atoms with Crippen LogP contribution in [0.25, 0.3) is 0 Å². The van der Waals surface area contributed by atoms with Crippen LogP contribution in [-0.4, -0.2) is 25.7 Å². The molecule has 3 nitrogen and oxygen atoms in total. The largest absolute Gasteiger partial charge is 0.493 e. The van der Waals surface area contributed by atoms with Gasteiger partial charge >= 0.3 is 0 Å². The van der Waals surface area contributed by atoms with E-state index in [9.17, 15) is 0 Å². The maximum absolute atomic E-state index is 5.69. The zero-order chi connectivity index (χ0) is 11.9. The number of hydrogen-bond acceptors (Lipinski definition) is 3. The normalized spacial score (nSPS) is 14.3. The van der Waals surface area contributed by atoms with E-state index < -0.39 is 0 Å². The Morgan fingerprint density at radius 2 is 2.29 bits per heavy atom. The zero-order valence-electron chi connectivity index (χ0n) is 10.3. The highest BCUT2D eigenvalue weighted by molar-refractivity contribution is 5.77. The van der Waals surface area contributed by atoms with Crippen molar-refractivity contribution in [3.05, 3.63) is 29.8 Å². The van der Waals surface area contributed by atoms with Gasteiger partial charge < -0.3 is 9.47 Å². The Morgan fingerprint density at radius 1 is 1.35 bits per heavy atom. The van der Waals surface area contributed by atoms with Gasteiger partial charge in [0.2, 0.25) is 0 Å². The minimum atomic E-state index is 0.633. The molecule has 1 aromatic rings. The quantitative estimate of drug-likeness (QED) is 0.756. The van der Waals surface area contributed by atoms with Crippen LogP contribution in [0.2, 0.25) is 0 Å². The molecular weight excluding hydrogens is 214 g/mol. The summed E-state index contributed by atoms with van der Waals surface area (Å²) < 4.78 is 11.0. The summed E-state index contributed by atoms with van der Waals surface area (Å²) in [5, 5.41) is 0. The van der Waals surface area contributed by atoms with E-state index in [-0.39, 0.29) is 0 Å². The number of ether oxygens (including phenoxy) is 2. The second-order valence-corrected chi connectivity index (χ2v) is 4.12. The summed E-state index contributed by atoms with van der Waals surface area (Å²) in [6.07, 6.45) is 3.03. The predicted octanol–water partition coefficient (Wildman–Crippen LogP) is 2.84. The molecule has 0 unspecified atom stereocenters. The highest BCUT2D eigenvalue weighted by atomic mass is 16.5. The van der Waals surface area contributed by atoms with Crippen LogP contribution in [0, 0.1) is 0 Å². The van der Waals surface area contributed by atoms with Gasteiger partial charge in [0.05, 0.1) is 19.6 Å². The third kappa shape index (κ3) is 3.77. The summed E-state index contributed by atoms with van der Waals surface area (Å²) in [5.41, 5.74) is 1.33. The highest BCUT2D eigenvalue weighted by Crippen LogP contribution is 2.15. The lowest BCUT2D eigenvalue weighted by atomic mass is 10.1. The molecule has 1 aliphatic heterocycles. The van der Waals surface area contributed by atoms with E-state index >= 15 is 0 Å². The Labute approximate surface area is 102 Å². The summed E-state index contributed by atoms with van der Waals surface area (Å²) in [6, 6.07) is 8.29. The van der Waals surface area contributed by atoms with Gasteiger partial charge in [-0.2, -0.15) is 0 Å². The average molecular weight is 233 g/mol. The number of nitrogens with zero attached hydrogens (tertiary/aromatic N) is 1. The van der Waals surface area contributed by atoms with Crippen LogP contribution < -0.4 is 4.74 Å². The number of rotatable bonds is 6. The van der Waals surface area contributed by atoms with Gasteiger partial charge in [-0.15, -0.1) is 0 Å². The summed E-state index contributed by atoms with van der Waals surface area (Å²) in [4.78, 5) is 4.23. The van der Waals surface area contributed by atoms with Crippen LogP contribution in [0.15, 0.2) is 29.3 Å². The van der Waals surface area contributed by atoms with Crippen molar-refractivity contribution < 1.29 is 9.47 Å². The molecular formula is C14H19NO2. The van der Waals surface area contributed by atoms with Crippen LogP contribution in [0.4, 0.5) is 0 Å². The molecule has 0 atom stereocenters. The molecule has 0 bridgehead atoms. The molecule has 0 radical (unpaired) electrons. The molecule has 92 valence electrons. The van der Waals surface area contributed by atoms with Gasteiger partial charge in [-0.05, 0) is 24.1 Å². The monoisotopic (exact) mass is 233 g/mol. The summed E-state index contributed by atoms with van der Waals surface area (Å²) >= 11 is 0. The molecule has 2 rings (SSSR count). The molecule has 1 aromatic carbocycles.